The van der Waals surface area contributed by atoms with Gasteiger partial charge in [0.15, 0.2) is 0 Å². The predicted octanol–water partition coefficient (Wildman–Crippen LogP) is 1.60. The standard InChI is InChI=1S/C19H15N3O7/c23-15(20-10-11-3-1-4-12(9-11)19(26)27)7-8-21-17(24)13-5-2-6-14(22(28)29)16(13)18(21)25/h1-6,9H,7-8,10H2,(H,20,23)(H,26,27). The lowest BCUT2D eigenvalue weighted by atomic mass is 10.1. The van der Waals surface area contributed by atoms with Crippen molar-refractivity contribution in [1.82, 2.24) is 10.2 Å². The van der Waals surface area contributed by atoms with E-state index < -0.39 is 34.3 Å². The molecule has 2 aromatic rings. The average molecular weight is 397 g/mol. The highest BCUT2D eigenvalue weighted by Crippen LogP contribution is 2.30. The van der Waals surface area contributed by atoms with Crippen LogP contribution in [-0.2, 0) is 11.3 Å². The third-order valence-corrected chi connectivity index (χ3v) is 4.40. The summed E-state index contributed by atoms with van der Waals surface area (Å²) in [7, 11) is 0. The molecule has 2 N–H and O–H groups in total. The lowest BCUT2D eigenvalue weighted by molar-refractivity contribution is -0.385. The molecule has 0 spiro atoms. The molecule has 0 fully saturated rings. The summed E-state index contributed by atoms with van der Waals surface area (Å²) in [5, 5.41) is 22.6. The largest absolute Gasteiger partial charge is 0.478 e. The van der Waals surface area contributed by atoms with Crippen LogP contribution in [0.1, 0.15) is 43.1 Å². The summed E-state index contributed by atoms with van der Waals surface area (Å²) < 4.78 is 0. The van der Waals surface area contributed by atoms with E-state index in [1.165, 1.54) is 24.3 Å². The number of hydrogen-bond donors (Lipinski definition) is 2. The van der Waals surface area contributed by atoms with E-state index >= 15 is 0 Å². The second-order valence-electron chi connectivity index (χ2n) is 6.25. The van der Waals surface area contributed by atoms with Gasteiger partial charge in [0.1, 0.15) is 5.56 Å². The SMILES string of the molecule is O=C(CCN1C(=O)c2cccc([N+](=O)[O-])c2C1=O)NCc1cccc(C(=O)O)c1. The summed E-state index contributed by atoms with van der Waals surface area (Å²) in [6.07, 6.45) is -0.197. The number of fused-ring (bicyclic) bond motifs is 1. The Morgan fingerprint density at radius 2 is 1.83 bits per heavy atom. The number of benzene rings is 2. The number of nitro groups is 1. The van der Waals surface area contributed by atoms with Crippen LogP contribution in [0.5, 0.6) is 0 Å². The van der Waals surface area contributed by atoms with Crippen LogP contribution in [0.4, 0.5) is 5.69 Å². The van der Waals surface area contributed by atoms with Gasteiger partial charge in [-0.05, 0) is 23.8 Å². The summed E-state index contributed by atoms with van der Waals surface area (Å²) in [6, 6.07) is 9.85. The van der Waals surface area contributed by atoms with Gasteiger partial charge in [0.2, 0.25) is 5.91 Å². The zero-order valence-electron chi connectivity index (χ0n) is 15.0. The fraction of sp³-hybridized carbons (Fsp3) is 0.158. The summed E-state index contributed by atoms with van der Waals surface area (Å²) in [6.45, 7) is -0.155. The van der Waals surface area contributed by atoms with Crippen molar-refractivity contribution < 1.29 is 29.2 Å². The second-order valence-corrected chi connectivity index (χ2v) is 6.25. The summed E-state index contributed by atoms with van der Waals surface area (Å²) in [4.78, 5) is 59.0. The number of amides is 3. The van der Waals surface area contributed by atoms with Crippen LogP contribution in [-0.4, -0.2) is 45.2 Å². The molecule has 0 radical (unpaired) electrons. The third-order valence-electron chi connectivity index (χ3n) is 4.40. The predicted molar refractivity (Wildman–Crippen MR) is 98.3 cm³/mol. The maximum atomic E-state index is 12.4. The van der Waals surface area contributed by atoms with Crippen LogP contribution in [0.25, 0.3) is 0 Å². The van der Waals surface area contributed by atoms with E-state index in [0.29, 0.717) is 5.56 Å². The first-order chi connectivity index (χ1) is 13.8. The van der Waals surface area contributed by atoms with Crippen molar-refractivity contribution in [1.29, 1.82) is 0 Å². The highest BCUT2D eigenvalue weighted by Gasteiger charge is 2.40. The van der Waals surface area contributed by atoms with Gasteiger partial charge in [-0.25, -0.2) is 4.79 Å². The van der Waals surface area contributed by atoms with Crippen molar-refractivity contribution in [2.75, 3.05) is 6.54 Å². The highest BCUT2D eigenvalue weighted by molar-refractivity contribution is 6.23. The first-order valence-electron chi connectivity index (χ1n) is 8.52. The Kier molecular flexibility index (Phi) is 5.35. The fourth-order valence-corrected chi connectivity index (χ4v) is 2.99. The Morgan fingerprint density at radius 1 is 1.10 bits per heavy atom. The Labute approximate surface area is 163 Å². The number of aromatic carboxylic acids is 1. The van der Waals surface area contributed by atoms with Crippen LogP contribution in [0.3, 0.4) is 0 Å². The van der Waals surface area contributed by atoms with E-state index in [-0.39, 0.29) is 36.2 Å². The topological polar surface area (TPSA) is 147 Å². The van der Waals surface area contributed by atoms with E-state index in [4.69, 9.17) is 5.11 Å². The molecular weight excluding hydrogens is 382 g/mol. The minimum Gasteiger partial charge on any atom is -0.478 e. The number of nitro benzene ring substituents is 1. The summed E-state index contributed by atoms with van der Waals surface area (Å²) in [5.74, 6) is -3.04. The number of carbonyl (C=O) groups excluding carboxylic acids is 3. The van der Waals surface area contributed by atoms with Crippen molar-refractivity contribution in [3.05, 3.63) is 74.8 Å². The second kappa shape index (κ2) is 7.89. The molecule has 0 saturated heterocycles. The molecule has 3 rings (SSSR count). The van der Waals surface area contributed by atoms with Crippen molar-refractivity contribution in [2.24, 2.45) is 0 Å². The first-order valence-corrected chi connectivity index (χ1v) is 8.52. The monoisotopic (exact) mass is 397 g/mol. The van der Waals surface area contributed by atoms with Crippen LogP contribution < -0.4 is 5.32 Å². The minimum absolute atomic E-state index is 0.0601. The molecular formula is C19H15N3O7. The van der Waals surface area contributed by atoms with E-state index in [1.54, 1.807) is 12.1 Å². The van der Waals surface area contributed by atoms with Gasteiger partial charge in [-0.3, -0.25) is 29.4 Å². The van der Waals surface area contributed by atoms with Crippen molar-refractivity contribution >= 4 is 29.4 Å². The smallest absolute Gasteiger partial charge is 0.335 e. The lowest BCUT2D eigenvalue weighted by Crippen LogP contribution is -2.34. The fourth-order valence-electron chi connectivity index (χ4n) is 2.99. The first kappa shape index (κ1) is 19.7. The normalized spacial score (nSPS) is 12.6. The van der Waals surface area contributed by atoms with Gasteiger partial charge < -0.3 is 10.4 Å². The Bertz CT molecular complexity index is 1050. The molecule has 1 aliphatic heterocycles. The van der Waals surface area contributed by atoms with Gasteiger partial charge in [-0.2, -0.15) is 0 Å². The number of imide groups is 1. The van der Waals surface area contributed by atoms with E-state index in [2.05, 4.69) is 5.32 Å². The van der Waals surface area contributed by atoms with Gasteiger partial charge in [0, 0.05) is 25.6 Å². The summed E-state index contributed by atoms with van der Waals surface area (Å²) in [5.41, 5.74) is -0.117. The van der Waals surface area contributed by atoms with Crippen molar-refractivity contribution in [3.8, 4) is 0 Å². The zero-order chi connectivity index (χ0) is 21.1. The number of nitrogens with one attached hydrogen (secondary N) is 1. The van der Waals surface area contributed by atoms with Gasteiger partial charge in [0.25, 0.3) is 17.5 Å². The Balaban J connectivity index is 1.61. The molecule has 0 aromatic heterocycles. The van der Waals surface area contributed by atoms with Crippen LogP contribution in [0.2, 0.25) is 0 Å². The van der Waals surface area contributed by atoms with Crippen molar-refractivity contribution in [2.45, 2.75) is 13.0 Å². The molecule has 10 heteroatoms. The molecule has 0 saturated carbocycles. The molecule has 0 atom stereocenters. The zero-order valence-corrected chi connectivity index (χ0v) is 15.0. The molecule has 3 amide bonds. The number of nitrogens with zero attached hydrogens (tertiary/aromatic N) is 2. The van der Waals surface area contributed by atoms with Gasteiger partial charge in [-0.15, -0.1) is 0 Å². The Morgan fingerprint density at radius 3 is 2.52 bits per heavy atom. The van der Waals surface area contributed by atoms with E-state index in [0.717, 1.165) is 11.0 Å². The lowest BCUT2D eigenvalue weighted by Gasteiger charge is -2.13. The molecule has 148 valence electrons. The van der Waals surface area contributed by atoms with Crippen molar-refractivity contribution in [3.63, 3.8) is 0 Å². The maximum absolute atomic E-state index is 12.4. The molecule has 2 aromatic carbocycles. The Hall–Kier alpha value is -4.08. The van der Waals surface area contributed by atoms with Gasteiger partial charge >= 0.3 is 5.97 Å². The number of carbonyl (C=O) groups is 4. The van der Waals surface area contributed by atoms with E-state index in [9.17, 15) is 29.3 Å². The van der Waals surface area contributed by atoms with Gasteiger partial charge in [-0.1, -0.05) is 18.2 Å². The molecule has 29 heavy (non-hydrogen) atoms. The molecule has 0 unspecified atom stereocenters. The number of hydrogen-bond acceptors (Lipinski definition) is 6. The number of carboxylic acids is 1. The number of carboxylic acid groups (broad SMARTS) is 1. The number of rotatable bonds is 7. The minimum atomic E-state index is -1.09. The third kappa shape index (κ3) is 3.95. The van der Waals surface area contributed by atoms with Crippen LogP contribution in [0, 0.1) is 10.1 Å². The molecule has 10 nitrogen and oxygen atoms in total. The van der Waals surface area contributed by atoms with Crippen LogP contribution in [0.15, 0.2) is 42.5 Å². The summed E-state index contributed by atoms with van der Waals surface area (Å²) >= 11 is 0. The quantitative estimate of drug-likeness (QED) is 0.410. The van der Waals surface area contributed by atoms with Crippen LogP contribution >= 0.6 is 0 Å². The molecule has 1 heterocycles. The molecule has 0 bridgehead atoms. The van der Waals surface area contributed by atoms with E-state index in [1.807, 2.05) is 0 Å². The van der Waals surface area contributed by atoms with Gasteiger partial charge in [0.05, 0.1) is 16.1 Å². The maximum Gasteiger partial charge on any atom is 0.335 e. The molecule has 1 aliphatic rings. The molecule has 0 aliphatic carbocycles. The highest BCUT2D eigenvalue weighted by atomic mass is 16.6. The average Bonchev–Trinajstić information content (AvgIpc) is 2.95.